The van der Waals surface area contributed by atoms with Crippen LogP contribution < -0.4 is 5.32 Å². The van der Waals surface area contributed by atoms with Gasteiger partial charge in [-0.1, -0.05) is 23.4 Å². The lowest BCUT2D eigenvalue weighted by Gasteiger charge is -2.04. The van der Waals surface area contributed by atoms with E-state index >= 15 is 0 Å². The Morgan fingerprint density at radius 1 is 1.24 bits per heavy atom. The second-order valence-electron chi connectivity index (χ2n) is 4.68. The summed E-state index contributed by atoms with van der Waals surface area (Å²) in [6.07, 6.45) is 3.71. The maximum absolute atomic E-state index is 4.99. The molecule has 0 aliphatic rings. The summed E-state index contributed by atoms with van der Waals surface area (Å²) in [7, 11) is 1.69. The Bertz CT molecular complexity index is 719. The van der Waals surface area contributed by atoms with Gasteiger partial charge in [0.05, 0.1) is 29.7 Å². The van der Waals surface area contributed by atoms with Crippen molar-refractivity contribution in [3.63, 3.8) is 0 Å². The maximum Gasteiger partial charge on any atom is 0.0969 e. The van der Waals surface area contributed by atoms with Crippen LogP contribution >= 0.6 is 0 Å². The highest BCUT2D eigenvalue weighted by Crippen LogP contribution is 2.19. The van der Waals surface area contributed by atoms with Crippen molar-refractivity contribution in [1.82, 2.24) is 25.3 Å². The normalized spacial score (nSPS) is 11.1. The van der Waals surface area contributed by atoms with Crippen LogP contribution in [0.25, 0.3) is 16.6 Å². The van der Waals surface area contributed by atoms with E-state index in [0.717, 1.165) is 28.8 Å². The number of ether oxygens (including phenoxy) is 1. The van der Waals surface area contributed by atoms with Gasteiger partial charge < -0.3 is 10.1 Å². The Labute approximate surface area is 122 Å². The number of hydrogen-bond donors (Lipinski definition) is 1. The molecule has 0 fully saturated rings. The molecule has 0 bridgehead atoms. The fourth-order valence-corrected chi connectivity index (χ4v) is 2.16. The number of pyridine rings is 1. The quantitative estimate of drug-likeness (QED) is 0.695. The highest BCUT2D eigenvalue weighted by molar-refractivity contribution is 5.85. The zero-order valence-corrected chi connectivity index (χ0v) is 11.9. The van der Waals surface area contributed by atoms with Crippen molar-refractivity contribution >= 4 is 10.9 Å². The van der Waals surface area contributed by atoms with Gasteiger partial charge in [0, 0.05) is 31.8 Å². The fourth-order valence-electron chi connectivity index (χ4n) is 2.16. The molecular formula is C15H17N5O. The molecule has 2 aromatic heterocycles. The molecule has 1 N–H and O–H groups in total. The summed E-state index contributed by atoms with van der Waals surface area (Å²) in [6, 6.07) is 9.99. The van der Waals surface area contributed by atoms with Gasteiger partial charge >= 0.3 is 0 Å². The zero-order chi connectivity index (χ0) is 14.5. The Morgan fingerprint density at radius 2 is 2.14 bits per heavy atom. The van der Waals surface area contributed by atoms with E-state index in [2.05, 4.69) is 20.6 Å². The molecule has 0 saturated heterocycles. The molecule has 6 nitrogen and oxygen atoms in total. The molecule has 0 spiro atoms. The molecule has 1 aromatic carbocycles. The molecule has 0 radical (unpaired) electrons. The topological polar surface area (TPSA) is 64.9 Å². The van der Waals surface area contributed by atoms with Crippen molar-refractivity contribution in [3.05, 3.63) is 48.4 Å². The largest absolute Gasteiger partial charge is 0.383 e. The lowest BCUT2D eigenvalue weighted by molar-refractivity contribution is 0.199. The Morgan fingerprint density at radius 3 is 3.05 bits per heavy atom. The fraction of sp³-hybridized carbons (Fsp3) is 0.267. The van der Waals surface area contributed by atoms with Gasteiger partial charge in [-0.25, -0.2) is 4.68 Å². The first-order valence-corrected chi connectivity index (χ1v) is 6.83. The van der Waals surface area contributed by atoms with Crippen LogP contribution in [0.2, 0.25) is 0 Å². The predicted octanol–water partition coefficient (Wildman–Crippen LogP) is 1.55. The van der Waals surface area contributed by atoms with Gasteiger partial charge in [0.2, 0.25) is 0 Å². The Kier molecular flexibility index (Phi) is 4.18. The number of hydrogen-bond acceptors (Lipinski definition) is 5. The average molecular weight is 283 g/mol. The van der Waals surface area contributed by atoms with Crippen LogP contribution in [-0.4, -0.2) is 40.2 Å². The first-order chi connectivity index (χ1) is 10.4. The van der Waals surface area contributed by atoms with Crippen molar-refractivity contribution in [3.8, 4) is 5.69 Å². The third-order valence-electron chi connectivity index (χ3n) is 3.19. The lowest BCUT2D eigenvalue weighted by Crippen LogP contribution is -2.18. The zero-order valence-electron chi connectivity index (χ0n) is 11.9. The highest BCUT2D eigenvalue weighted by Gasteiger charge is 2.07. The van der Waals surface area contributed by atoms with Gasteiger partial charge in [0.25, 0.3) is 0 Å². The molecule has 0 atom stereocenters. The van der Waals surface area contributed by atoms with E-state index in [0.29, 0.717) is 13.2 Å². The van der Waals surface area contributed by atoms with Crippen molar-refractivity contribution < 1.29 is 4.74 Å². The molecule has 2 heterocycles. The van der Waals surface area contributed by atoms with Crippen LogP contribution in [0.15, 0.2) is 42.7 Å². The van der Waals surface area contributed by atoms with Gasteiger partial charge in [-0.05, 0) is 12.1 Å². The van der Waals surface area contributed by atoms with Crippen LogP contribution in [0.1, 0.15) is 5.69 Å². The minimum Gasteiger partial charge on any atom is -0.383 e. The number of methoxy groups -OCH3 is 1. The summed E-state index contributed by atoms with van der Waals surface area (Å²) < 4.78 is 6.76. The SMILES string of the molecule is COCCNCc1cn(-c2cccc3cccnc23)nn1. The molecular weight excluding hydrogens is 266 g/mol. The monoisotopic (exact) mass is 283 g/mol. The van der Waals surface area contributed by atoms with E-state index in [4.69, 9.17) is 4.74 Å². The summed E-state index contributed by atoms with van der Waals surface area (Å²) in [4.78, 5) is 4.43. The number of aromatic nitrogens is 4. The summed E-state index contributed by atoms with van der Waals surface area (Å²) in [5.74, 6) is 0. The third kappa shape index (κ3) is 3.07. The molecule has 21 heavy (non-hydrogen) atoms. The van der Waals surface area contributed by atoms with E-state index in [9.17, 15) is 0 Å². The van der Waals surface area contributed by atoms with Crippen molar-refractivity contribution in [2.24, 2.45) is 0 Å². The molecule has 0 amide bonds. The minimum atomic E-state index is 0.668. The second-order valence-corrected chi connectivity index (χ2v) is 4.68. The van der Waals surface area contributed by atoms with Crippen molar-refractivity contribution in [2.45, 2.75) is 6.54 Å². The van der Waals surface area contributed by atoms with Crippen LogP contribution in [0.5, 0.6) is 0 Å². The van der Waals surface area contributed by atoms with Gasteiger partial charge in [-0.3, -0.25) is 4.98 Å². The van der Waals surface area contributed by atoms with Gasteiger partial charge in [-0.2, -0.15) is 0 Å². The third-order valence-corrected chi connectivity index (χ3v) is 3.19. The maximum atomic E-state index is 4.99. The standard InChI is InChI=1S/C15H17N5O/c1-21-9-8-16-10-13-11-20(19-18-13)14-6-2-4-12-5-3-7-17-15(12)14/h2-7,11,16H,8-10H2,1H3. The molecule has 108 valence electrons. The van der Waals surface area contributed by atoms with E-state index in [1.54, 1.807) is 18.0 Å². The van der Waals surface area contributed by atoms with Crippen LogP contribution in [0.4, 0.5) is 0 Å². The number of fused-ring (bicyclic) bond motifs is 1. The summed E-state index contributed by atoms with van der Waals surface area (Å²) >= 11 is 0. The van der Waals surface area contributed by atoms with Crippen LogP contribution in [0.3, 0.4) is 0 Å². The first-order valence-electron chi connectivity index (χ1n) is 6.83. The number of nitrogens with one attached hydrogen (secondary N) is 1. The second kappa shape index (κ2) is 6.43. The van der Waals surface area contributed by atoms with Crippen LogP contribution in [-0.2, 0) is 11.3 Å². The summed E-state index contributed by atoms with van der Waals surface area (Å²) in [6.45, 7) is 2.14. The van der Waals surface area contributed by atoms with Crippen LogP contribution in [0, 0.1) is 0 Å². The predicted molar refractivity (Wildman–Crippen MR) is 80.2 cm³/mol. The van der Waals surface area contributed by atoms with E-state index in [1.165, 1.54) is 0 Å². The summed E-state index contributed by atoms with van der Waals surface area (Å²) in [5.41, 5.74) is 2.74. The number of nitrogens with zero attached hydrogens (tertiary/aromatic N) is 4. The number of rotatable bonds is 6. The smallest absolute Gasteiger partial charge is 0.0969 e. The van der Waals surface area contributed by atoms with E-state index < -0.39 is 0 Å². The van der Waals surface area contributed by atoms with Crippen molar-refractivity contribution in [1.29, 1.82) is 0 Å². The molecule has 0 unspecified atom stereocenters. The highest BCUT2D eigenvalue weighted by atomic mass is 16.5. The van der Waals surface area contributed by atoms with Crippen molar-refractivity contribution in [2.75, 3.05) is 20.3 Å². The Balaban J connectivity index is 1.81. The number of para-hydroxylation sites is 1. The lowest BCUT2D eigenvalue weighted by atomic mass is 10.2. The molecule has 3 aromatic rings. The first kappa shape index (κ1) is 13.7. The molecule has 0 aliphatic carbocycles. The summed E-state index contributed by atoms with van der Waals surface area (Å²) in [5, 5.41) is 12.7. The molecule has 0 saturated carbocycles. The Hall–Kier alpha value is -2.31. The van der Waals surface area contributed by atoms with Gasteiger partial charge in [0.15, 0.2) is 0 Å². The molecule has 0 aliphatic heterocycles. The molecule has 6 heteroatoms. The minimum absolute atomic E-state index is 0.668. The van der Waals surface area contributed by atoms with Gasteiger partial charge in [0.1, 0.15) is 0 Å². The number of benzene rings is 1. The molecule has 3 rings (SSSR count). The van der Waals surface area contributed by atoms with Gasteiger partial charge in [-0.15, -0.1) is 5.10 Å². The average Bonchev–Trinajstić information content (AvgIpc) is 3.00. The van der Waals surface area contributed by atoms with E-state index in [-0.39, 0.29) is 0 Å². The van der Waals surface area contributed by atoms with E-state index in [1.807, 2.05) is 36.5 Å².